The summed E-state index contributed by atoms with van der Waals surface area (Å²) < 4.78 is 10.4. The first-order chi connectivity index (χ1) is 18.3. The van der Waals surface area contributed by atoms with E-state index in [2.05, 4.69) is 27.2 Å². The molecule has 2 aliphatic heterocycles. The molecule has 212 valence electrons. The van der Waals surface area contributed by atoms with Crippen LogP contribution in [0.3, 0.4) is 0 Å². The molecule has 1 saturated carbocycles. The van der Waals surface area contributed by atoms with Crippen LogP contribution in [-0.2, 0) is 25.5 Å². The number of piperidine rings is 1. The summed E-state index contributed by atoms with van der Waals surface area (Å²) in [6.07, 6.45) is 5.59. The molecule has 3 heterocycles. The van der Waals surface area contributed by atoms with Gasteiger partial charge in [0, 0.05) is 25.6 Å². The van der Waals surface area contributed by atoms with E-state index in [-0.39, 0.29) is 35.9 Å². The Morgan fingerprint density at radius 2 is 1.87 bits per heavy atom. The van der Waals surface area contributed by atoms with Gasteiger partial charge in [-0.1, -0.05) is 13.8 Å². The van der Waals surface area contributed by atoms with Crippen molar-refractivity contribution in [3.8, 4) is 0 Å². The van der Waals surface area contributed by atoms with Crippen LogP contribution in [0, 0.1) is 17.8 Å². The van der Waals surface area contributed by atoms with Crippen molar-refractivity contribution in [2.45, 2.75) is 96.3 Å². The van der Waals surface area contributed by atoms with E-state index >= 15 is 0 Å². The first kappa shape index (κ1) is 28.3. The number of amides is 1. The lowest BCUT2D eigenvalue weighted by atomic mass is 9.65. The lowest BCUT2D eigenvalue weighted by molar-refractivity contribution is -0.150. The third-order valence-electron chi connectivity index (χ3n) is 8.65. The molecule has 3 aliphatic rings. The minimum absolute atomic E-state index is 0.0528. The van der Waals surface area contributed by atoms with Crippen LogP contribution in [-0.4, -0.2) is 98.1 Å². The summed E-state index contributed by atoms with van der Waals surface area (Å²) in [5.41, 5.74) is 0. The summed E-state index contributed by atoms with van der Waals surface area (Å²) >= 11 is 0. The Morgan fingerprint density at radius 1 is 1.08 bits per heavy atom. The summed E-state index contributed by atoms with van der Waals surface area (Å²) in [5, 5.41) is 22.9. The molecule has 0 bridgehead atoms. The number of rotatable bonds is 9. The summed E-state index contributed by atoms with van der Waals surface area (Å²) in [4.78, 5) is 42.9. The highest BCUT2D eigenvalue weighted by Gasteiger charge is 2.50. The molecule has 7 unspecified atom stereocenters. The van der Waals surface area contributed by atoms with Crippen LogP contribution in [0.4, 0.5) is 4.79 Å². The smallest absolute Gasteiger partial charge is 0.410 e. The molecule has 3 fully saturated rings. The van der Waals surface area contributed by atoms with Crippen molar-refractivity contribution in [2.75, 3.05) is 26.8 Å². The van der Waals surface area contributed by atoms with Gasteiger partial charge < -0.3 is 14.6 Å². The molecule has 38 heavy (non-hydrogen) atoms. The predicted octanol–water partition coefficient (Wildman–Crippen LogP) is 2.54. The van der Waals surface area contributed by atoms with E-state index in [1.54, 1.807) is 4.80 Å². The van der Waals surface area contributed by atoms with Crippen LogP contribution < -0.4 is 0 Å². The van der Waals surface area contributed by atoms with Crippen LogP contribution in [0.2, 0.25) is 0 Å². The van der Waals surface area contributed by atoms with Crippen LogP contribution >= 0.6 is 0 Å². The number of carboxylic acid groups (broad SMARTS) is 1. The second kappa shape index (κ2) is 12.4. The van der Waals surface area contributed by atoms with Gasteiger partial charge in [-0.2, -0.15) is 4.80 Å². The Hall–Kier alpha value is -2.76. The van der Waals surface area contributed by atoms with Gasteiger partial charge in [0.25, 0.3) is 0 Å². The number of carboxylic acids is 1. The maximum atomic E-state index is 12.9. The number of aryl methyl sites for hydroxylation is 1. The number of hydrogen-bond acceptors (Lipinski definition) is 9. The number of esters is 1. The molecule has 1 aromatic rings. The molecule has 7 atom stereocenters. The van der Waals surface area contributed by atoms with Gasteiger partial charge in [-0.25, -0.2) is 9.59 Å². The lowest BCUT2D eigenvalue weighted by Gasteiger charge is -2.51. The van der Waals surface area contributed by atoms with Crippen molar-refractivity contribution >= 4 is 18.0 Å². The normalized spacial score (nSPS) is 31.6. The van der Waals surface area contributed by atoms with Gasteiger partial charge in [-0.3, -0.25) is 14.6 Å². The second-order valence-corrected chi connectivity index (χ2v) is 10.9. The summed E-state index contributed by atoms with van der Waals surface area (Å²) in [6, 6.07) is -1.45. The highest BCUT2D eigenvalue weighted by atomic mass is 16.5. The topological polar surface area (TPSA) is 140 Å². The van der Waals surface area contributed by atoms with Gasteiger partial charge in [-0.15, -0.1) is 10.2 Å². The molecule has 4 rings (SSSR count). The molecule has 12 nitrogen and oxygen atoms in total. The molecule has 0 radical (unpaired) electrons. The monoisotopic (exact) mass is 534 g/mol. The molecule has 1 aliphatic carbocycles. The third-order valence-corrected chi connectivity index (χ3v) is 8.65. The zero-order valence-corrected chi connectivity index (χ0v) is 23.0. The fourth-order valence-corrected chi connectivity index (χ4v) is 7.05. The third kappa shape index (κ3) is 5.79. The fraction of sp³-hybridized carbons (Fsp3) is 0.846. The van der Waals surface area contributed by atoms with Gasteiger partial charge in [-0.05, 0) is 74.8 Å². The maximum Gasteiger partial charge on any atom is 0.410 e. The van der Waals surface area contributed by atoms with E-state index < -0.39 is 18.1 Å². The number of nitrogens with zero attached hydrogens (tertiary/aromatic N) is 6. The molecule has 1 aromatic heterocycles. The Kier molecular flexibility index (Phi) is 9.22. The fourth-order valence-electron chi connectivity index (χ4n) is 7.05. The molecule has 12 heteroatoms. The first-order valence-electron chi connectivity index (χ1n) is 14.1. The number of carbonyl (C=O) groups is 3. The van der Waals surface area contributed by atoms with Gasteiger partial charge in [0.05, 0.1) is 19.8 Å². The lowest BCUT2D eigenvalue weighted by Crippen LogP contribution is -2.60. The van der Waals surface area contributed by atoms with Crippen molar-refractivity contribution in [1.29, 1.82) is 0 Å². The quantitative estimate of drug-likeness (QED) is 0.470. The Morgan fingerprint density at radius 3 is 2.53 bits per heavy atom. The number of tetrazole rings is 1. The molecule has 2 saturated heterocycles. The van der Waals surface area contributed by atoms with E-state index in [0.717, 1.165) is 38.6 Å². The number of likely N-dealkylation sites (tertiary alicyclic amines) is 2. The van der Waals surface area contributed by atoms with E-state index in [9.17, 15) is 19.5 Å². The van der Waals surface area contributed by atoms with E-state index in [1.807, 2.05) is 13.8 Å². The van der Waals surface area contributed by atoms with Gasteiger partial charge in [0.15, 0.2) is 5.82 Å². The highest BCUT2D eigenvalue weighted by molar-refractivity contribution is 5.80. The van der Waals surface area contributed by atoms with Crippen molar-refractivity contribution in [3.63, 3.8) is 0 Å². The van der Waals surface area contributed by atoms with E-state index in [1.165, 1.54) is 12.0 Å². The summed E-state index contributed by atoms with van der Waals surface area (Å²) in [5.74, 6) is 0.280. The van der Waals surface area contributed by atoms with E-state index in [4.69, 9.17) is 9.47 Å². The second-order valence-electron chi connectivity index (χ2n) is 10.9. The number of carbonyl (C=O) groups excluding carboxylic acids is 2. The van der Waals surface area contributed by atoms with Gasteiger partial charge in [0.1, 0.15) is 12.1 Å². The summed E-state index contributed by atoms with van der Waals surface area (Å²) in [6.45, 7) is 7.59. The zero-order valence-electron chi connectivity index (χ0n) is 23.0. The average Bonchev–Trinajstić information content (AvgIpc) is 3.54. The largest absolute Gasteiger partial charge is 0.480 e. The molecule has 1 N–H and O–H groups in total. The number of fused-ring (bicyclic) bond motifs is 1. The van der Waals surface area contributed by atoms with Gasteiger partial charge >= 0.3 is 18.0 Å². The van der Waals surface area contributed by atoms with E-state index in [0.29, 0.717) is 44.2 Å². The molecular weight excluding hydrogens is 492 g/mol. The maximum absolute atomic E-state index is 12.9. The number of aromatic nitrogens is 4. The van der Waals surface area contributed by atoms with Crippen LogP contribution in [0.1, 0.15) is 77.6 Å². The average molecular weight is 535 g/mol. The standard InChI is InChI=1S/C26H42N6O6/c1-5-8-23-27-29-32(28-23)18-13-22(25(35)38-7-3)30(15-18)14-16-9-10-19-17(11-16)12-21(24(33)34)31(20(19)6-2)26(36)37-4/h16-22H,5-15H2,1-4H3,(H,33,34). The van der Waals surface area contributed by atoms with Crippen molar-refractivity contribution in [2.24, 2.45) is 17.8 Å². The number of hydrogen-bond donors (Lipinski definition) is 1. The first-order valence-corrected chi connectivity index (χ1v) is 14.1. The van der Waals surface area contributed by atoms with Crippen LogP contribution in [0.25, 0.3) is 0 Å². The van der Waals surface area contributed by atoms with Crippen LogP contribution in [0.15, 0.2) is 0 Å². The van der Waals surface area contributed by atoms with Gasteiger partial charge in [0.2, 0.25) is 0 Å². The van der Waals surface area contributed by atoms with Crippen molar-refractivity contribution in [1.82, 2.24) is 30.0 Å². The Bertz CT molecular complexity index is 987. The van der Waals surface area contributed by atoms with Crippen LogP contribution in [0.5, 0.6) is 0 Å². The Labute approximate surface area is 224 Å². The molecule has 1 amide bonds. The van der Waals surface area contributed by atoms with Crippen molar-refractivity contribution < 1.29 is 29.0 Å². The number of aliphatic carboxylic acids is 1. The Balaban J connectivity index is 1.47. The SMILES string of the molecule is CCCc1nnn(C2CC(C(=O)OCC)N(CC3CCC4C(C3)CC(C(=O)O)N(C(=O)OC)C4CC)C2)n1. The molecule has 0 aromatic carbocycles. The predicted molar refractivity (Wildman–Crippen MR) is 136 cm³/mol. The summed E-state index contributed by atoms with van der Waals surface area (Å²) in [7, 11) is 1.31. The minimum Gasteiger partial charge on any atom is -0.480 e. The number of methoxy groups -OCH3 is 1. The van der Waals surface area contributed by atoms with Crippen molar-refractivity contribution in [3.05, 3.63) is 5.82 Å². The zero-order chi connectivity index (χ0) is 27.4. The highest BCUT2D eigenvalue weighted by Crippen LogP contribution is 2.46. The number of ether oxygens (including phenoxy) is 2. The molecule has 0 spiro atoms. The molecular formula is C26H42N6O6. The minimum atomic E-state index is -0.984.